The minimum atomic E-state index is -1.57. The number of esters is 1. The summed E-state index contributed by atoms with van der Waals surface area (Å²) in [6.07, 6.45) is 81.6. The van der Waals surface area contributed by atoms with Crippen molar-refractivity contribution in [3.8, 4) is 0 Å². The minimum absolute atomic E-state index is 0.0163. The number of rotatable bonds is 70. The summed E-state index contributed by atoms with van der Waals surface area (Å²) in [4.78, 5) is 25.1. The molecule has 11 nitrogen and oxygen atoms in total. The van der Waals surface area contributed by atoms with Crippen LogP contribution < -0.4 is 5.32 Å². The molecule has 0 aromatic rings. The van der Waals surface area contributed by atoms with Gasteiger partial charge in [0.1, 0.15) is 24.4 Å². The summed E-state index contributed by atoms with van der Waals surface area (Å²) >= 11 is 0. The standard InChI is InChI=1S/C80H149NO10/c1-3-5-7-9-11-13-15-43-48-52-56-60-64-68-76(85)89-69-65-61-57-53-49-45-42-40-38-36-34-32-30-28-26-24-22-20-18-16-17-19-21-23-25-27-29-31-33-35-37-39-41-44-47-51-55-59-63-67-75(84)81-72(71-90-80-79(88)78(87)77(86)74(70-82)91-80)73(83)66-62-58-54-50-46-14-12-10-8-6-4-2/h16-17,20,22,46,50,62,66,72-74,77-80,82-83,86-88H,3-15,18-19,21,23-45,47-49,51-61,63-65,67-71H2,1-2H3,(H,81,84)/b17-16-,22-20-,50-46+,66-62+. The van der Waals surface area contributed by atoms with Crippen LogP contribution in [0, 0.1) is 0 Å². The van der Waals surface area contributed by atoms with Gasteiger partial charge in [0.05, 0.1) is 32.0 Å². The number of ether oxygens (including phenoxy) is 3. The van der Waals surface area contributed by atoms with E-state index in [1.165, 1.54) is 302 Å². The fourth-order valence-electron chi connectivity index (χ4n) is 12.5. The molecule has 7 atom stereocenters. The Morgan fingerprint density at radius 2 is 0.747 bits per heavy atom. The monoisotopic (exact) mass is 1280 g/mol. The molecule has 1 amide bonds. The van der Waals surface area contributed by atoms with Crippen molar-refractivity contribution in [1.29, 1.82) is 0 Å². The lowest BCUT2D eigenvalue weighted by Crippen LogP contribution is -2.60. The highest BCUT2D eigenvalue weighted by atomic mass is 16.7. The van der Waals surface area contributed by atoms with E-state index in [9.17, 15) is 35.1 Å². The van der Waals surface area contributed by atoms with Gasteiger partial charge < -0.3 is 45.1 Å². The number of aliphatic hydroxyl groups is 5. The van der Waals surface area contributed by atoms with E-state index in [4.69, 9.17) is 14.2 Å². The molecule has 6 N–H and O–H groups in total. The lowest BCUT2D eigenvalue weighted by atomic mass is 9.99. The van der Waals surface area contributed by atoms with Crippen molar-refractivity contribution in [1.82, 2.24) is 5.32 Å². The molecule has 0 spiro atoms. The Labute approximate surface area is 561 Å². The van der Waals surface area contributed by atoms with Crippen molar-refractivity contribution in [2.45, 2.75) is 429 Å². The van der Waals surface area contributed by atoms with E-state index in [-0.39, 0.29) is 18.5 Å². The maximum absolute atomic E-state index is 13.1. The average molecular weight is 1290 g/mol. The quantitative estimate of drug-likeness (QED) is 0.0195. The van der Waals surface area contributed by atoms with E-state index in [1.54, 1.807) is 6.08 Å². The molecule has 1 heterocycles. The number of nitrogens with one attached hydrogen (secondary N) is 1. The Hall–Kier alpha value is -2.38. The van der Waals surface area contributed by atoms with Gasteiger partial charge in [0.15, 0.2) is 6.29 Å². The molecule has 0 bridgehead atoms. The van der Waals surface area contributed by atoms with Crippen molar-refractivity contribution in [3.63, 3.8) is 0 Å². The fraction of sp³-hybridized carbons (Fsp3) is 0.875. The first-order chi connectivity index (χ1) is 44.7. The zero-order valence-corrected chi connectivity index (χ0v) is 59.6. The molecule has 1 rings (SSSR count). The third-order valence-electron chi connectivity index (χ3n) is 18.7. The molecule has 0 aromatic carbocycles. The van der Waals surface area contributed by atoms with Gasteiger partial charge in [0, 0.05) is 12.8 Å². The predicted molar refractivity (Wildman–Crippen MR) is 384 cm³/mol. The fourth-order valence-corrected chi connectivity index (χ4v) is 12.5. The first kappa shape index (κ1) is 86.6. The zero-order chi connectivity index (χ0) is 65.8. The van der Waals surface area contributed by atoms with Crippen molar-refractivity contribution in [2.75, 3.05) is 19.8 Å². The molecule has 1 fully saturated rings. The third kappa shape index (κ3) is 57.6. The Morgan fingerprint density at radius 3 is 1.15 bits per heavy atom. The van der Waals surface area contributed by atoms with E-state index in [1.807, 2.05) is 6.08 Å². The van der Waals surface area contributed by atoms with Gasteiger partial charge >= 0.3 is 5.97 Å². The van der Waals surface area contributed by atoms with E-state index in [2.05, 4.69) is 55.6 Å². The van der Waals surface area contributed by atoms with Gasteiger partial charge in [0.25, 0.3) is 0 Å². The summed E-state index contributed by atoms with van der Waals surface area (Å²) in [7, 11) is 0. The molecule has 534 valence electrons. The van der Waals surface area contributed by atoms with Crippen molar-refractivity contribution in [2.24, 2.45) is 0 Å². The molecule has 0 aliphatic carbocycles. The second-order valence-corrected chi connectivity index (χ2v) is 27.4. The average Bonchev–Trinajstić information content (AvgIpc) is 1.12. The van der Waals surface area contributed by atoms with Crippen LogP contribution in [0.25, 0.3) is 0 Å². The van der Waals surface area contributed by atoms with Gasteiger partial charge in [-0.25, -0.2) is 0 Å². The van der Waals surface area contributed by atoms with Crippen LogP contribution in [0.1, 0.15) is 386 Å². The van der Waals surface area contributed by atoms with Gasteiger partial charge in [-0.15, -0.1) is 0 Å². The second kappa shape index (κ2) is 69.0. The van der Waals surface area contributed by atoms with E-state index in [0.717, 1.165) is 57.8 Å². The number of carbonyl (C=O) groups is 2. The summed E-state index contributed by atoms with van der Waals surface area (Å²) < 4.78 is 16.7. The van der Waals surface area contributed by atoms with Crippen molar-refractivity contribution >= 4 is 11.9 Å². The van der Waals surface area contributed by atoms with Crippen molar-refractivity contribution in [3.05, 3.63) is 48.6 Å². The second-order valence-electron chi connectivity index (χ2n) is 27.4. The smallest absolute Gasteiger partial charge is 0.305 e. The first-order valence-electron chi connectivity index (χ1n) is 39.4. The maximum Gasteiger partial charge on any atom is 0.305 e. The lowest BCUT2D eigenvalue weighted by molar-refractivity contribution is -0.302. The summed E-state index contributed by atoms with van der Waals surface area (Å²) in [5, 5.41) is 54.4. The molecular formula is C80H149NO10. The van der Waals surface area contributed by atoms with Crippen LogP contribution in [0.4, 0.5) is 0 Å². The highest BCUT2D eigenvalue weighted by molar-refractivity contribution is 5.76. The largest absolute Gasteiger partial charge is 0.466 e. The number of carbonyl (C=O) groups excluding carboxylic acids is 2. The van der Waals surface area contributed by atoms with Crippen LogP contribution in [0.5, 0.6) is 0 Å². The molecule has 0 saturated carbocycles. The normalized spacial score (nSPS) is 17.8. The highest BCUT2D eigenvalue weighted by Crippen LogP contribution is 2.24. The number of hydrogen-bond acceptors (Lipinski definition) is 10. The maximum atomic E-state index is 13.1. The van der Waals surface area contributed by atoms with Gasteiger partial charge in [-0.2, -0.15) is 0 Å². The SMILES string of the molecule is CCCCCCC/C=C/CC/C=C/C(O)C(COC1OC(CO)C(O)C(O)C1O)NC(=O)CCCCCCCCCCCCCCCCCCC/C=C\C/C=C\CCCCCCCCCCCCCCCCCOC(=O)CCCCCCCCCCCCCCC. The molecule has 91 heavy (non-hydrogen) atoms. The third-order valence-corrected chi connectivity index (χ3v) is 18.7. The number of hydrogen-bond donors (Lipinski definition) is 6. The van der Waals surface area contributed by atoms with E-state index in [0.29, 0.717) is 19.4 Å². The van der Waals surface area contributed by atoms with Crippen LogP contribution in [0.15, 0.2) is 48.6 Å². The molecule has 1 aliphatic rings. The van der Waals surface area contributed by atoms with Crippen LogP contribution in [0.2, 0.25) is 0 Å². The Balaban J connectivity index is 1.89. The van der Waals surface area contributed by atoms with Crippen LogP contribution in [-0.4, -0.2) is 100 Å². The van der Waals surface area contributed by atoms with Gasteiger partial charge in [-0.3, -0.25) is 9.59 Å². The zero-order valence-electron chi connectivity index (χ0n) is 59.6. The van der Waals surface area contributed by atoms with Crippen LogP contribution in [0.3, 0.4) is 0 Å². The van der Waals surface area contributed by atoms with Gasteiger partial charge in [0.2, 0.25) is 5.91 Å². The molecule has 0 aromatic heterocycles. The summed E-state index contributed by atoms with van der Waals surface area (Å²) in [6, 6.07) is -0.825. The molecule has 11 heteroatoms. The Morgan fingerprint density at radius 1 is 0.407 bits per heavy atom. The van der Waals surface area contributed by atoms with Crippen LogP contribution >= 0.6 is 0 Å². The summed E-state index contributed by atoms with van der Waals surface area (Å²) in [5.74, 6) is -0.172. The highest BCUT2D eigenvalue weighted by Gasteiger charge is 2.44. The molecule has 1 saturated heterocycles. The molecular weight excluding hydrogens is 1130 g/mol. The number of amides is 1. The first-order valence-corrected chi connectivity index (χ1v) is 39.4. The number of aliphatic hydroxyl groups excluding tert-OH is 5. The summed E-state index contributed by atoms with van der Waals surface area (Å²) in [5.41, 5.74) is 0. The molecule has 7 unspecified atom stereocenters. The van der Waals surface area contributed by atoms with E-state index < -0.39 is 49.5 Å². The van der Waals surface area contributed by atoms with Crippen LogP contribution in [-0.2, 0) is 23.8 Å². The lowest BCUT2D eigenvalue weighted by Gasteiger charge is -2.40. The Kier molecular flexibility index (Phi) is 65.7. The van der Waals surface area contributed by atoms with E-state index >= 15 is 0 Å². The van der Waals surface area contributed by atoms with Crippen molar-refractivity contribution < 1.29 is 49.3 Å². The minimum Gasteiger partial charge on any atom is -0.466 e. The number of allylic oxidation sites excluding steroid dienone is 7. The number of unbranched alkanes of at least 4 members (excludes halogenated alkanes) is 50. The molecule has 1 aliphatic heterocycles. The summed E-state index contributed by atoms with van der Waals surface area (Å²) in [6.45, 7) is 4.35. The topological polar surface area (TPSA) is 175 Å². The van der Waals surface area contributed by atoms with Gasteiger partial charge in [-0.05, 0) is 77.0 Å². The Bertz CT molecular complexity index is 1650. The predicted octanol–water partition coefficient (Wildman–Crippen LogP) is 21.1. The molecule has 0 radical (unpaired) electrons. The van der Waals surface area contributed by atoms with Gasteiger partial charge in [-0.1, -0.05) is 345 Å².